The largest absolute Gasteiger partial charge is 0.481 e. The van der Waals surface area contributed by atoms with E-state index in [4.69, 9.17) is 16.6 Å². The summed E-state index contributed by atoms with van der Waals surface area (Å²) in [6, 6.07) is 26.2. The Labute approximate surface area is 246 Å². The van der Waals surface area contributed by atoms with Gasteiger partial charge in [-0.25, -0.2) is 4.98 Å². The molecule has 1 aromatic heterocycles. The SMILES string of the molecule is CCC(CC(=O)O)S[C@H](CCc1ccccc1C(C)(C)O)c1cccc(C=Cc2ccc3ccc(Cl)cc3n2)c1. The lowest BCUT2D eigenvalue weighted by Gasteiger charge is -2.25. The molecule has 0 spiro atoms. The molecular formula is C34H36ClNO3S. The number of aryl methyl sites for hydroxylation is 1. The second-order valence-corrected chi connectivity index (χ2v) is 12.5. The molecule has 0 saturated heterocycles. The zero-order valence-electron chi connectivity index (χ0n) is 23.2. The topological polar surface area (TPSA) is 70.4 Å². The fourth-order valence-corrected chi connectivity index (χ4v) is 6.51. The molecule has 3 aromatic carbocycles. The second-order valence-electron chi connectivity index (χ2n) is 10.6. The standard InChI is InChI=1S/C34H36ClNO3S/c1-4-29(22-33(37)38)40-32(19-15-24-9-5-6-11-30(24)34(2,3)39)26-10-7-8-23(20-26)12-17-28-18-14-25-13-16-27(35)21-31(25)36-28/h5-14,16-18,20-21,29,32,39H,4,15,19,22H2,1-3H3,(H,37,38)/t29?,32-/m1/s1. The smallest absolute Gasteiger partial charge is 0.304 e. The molecule has 0 aliphatic carbocycles. The Kier molecular flexibility index (Phi) is 10.1. The van der Waals surface area contributed by atoms with Crippen molar-refractivity contribution in [3.05, 3.63) is 112 Å². The number of carboxylic acids is 1. The van der Waals surface area contributed by atoms with E-state index in [9.17, 15) is 15.0 Å². The van der Waals surface area contributed by atoms with Crippen LogP contribution in [0.4, 0.5) is 0 Å². The third-order valence-corrected chi connectivity index (χ3v) is 8.93. The molecule has 4 rings (SSSR count). The maximum absolute atomic E-state index is 11.5. The molecule has 0 bridgehead atoms. The molecule has 0 amide bonds. The number of halogens is 1. The summed E-state index contributed by atoms with van der Waals surface area (Å²) in [6.45, 7) is 5.67. The van der Waals surface area contributed by atoms with Crippen molar-refractivity contribution in [2.24, 2.45) is 0 Å². The maximum Gasteiger partial charge on any atom is 0.304 e. The predicted octanol–water partition coefficient (Wildman–Crippen LogP) is 8.95. The van der Waals surface area contributed by atoms with Crippen LogP contribution >= 0.6 is 23.4 Å². The van der Waals surface area contributed by atoms with Gasteiger partial charge in [-0.2, -0.15) is 0 Å². The van der Waals surface area contributed by atoms with Gasteiger partial charge in [0.2, 0.25) is 0 Å². The summed E-state index contributed by atoms with van der Waals surface area (Å²) in [7, 11) is 0. The van der Waals surface area contributed by atoms with E-state index in [0.29, 0.717) is 5.02 Å². The third kappa shape index (κ3) is 8.20. The first-order valence-corrected chi connectivity index (χ1v) is 15.0. The van der Waals surface area contributed by atoms with E-state index in [1.165, 1.54) is 0 Å². The van der Waals surface area contributed by atoms with Crippen molar-refractivity contribution in [1.29, 1.82) is 0 Å². The van der Waals surface area contributed by atoms with Gasteiger partial charge in [-0.05, 0) is 79.6 Å². The molecule has 4 nitrogen and oxygen atoms in total. The average Bonchev–Trinajstić information content (AvgIpc) is 2.92. The summed E-state index contributed by atoms with van der Waals surface area (Å²) in [6.07, 6.45) is 6.58. The number of nitrogens with zero attached hydrogens (tertiary/aromatic N) is 1. The zero-order chi connectivity index (χ0) is 28.7. The Morgan fingerprint density at radius 2 is 1.80 bits per heavy atom. The number of benzene rings is 3. The highest BCUT2D eigenvalue weighted by Crippen LogP contribution is 2.39. The minimum atomic E-state index is -0.929. The number of aliphatic carboxylic acids is 1. The molecule has 0 aliphatic heterocycles. The number of carboxylic acid groups (broad SMARTS) is 1. The monoisotopic (exact) mass is 573 g/mol. The van der Waals surface area contributed by atoms with Gasteiger partial charge in [-0.1, -0.05) is 85.3 Å². The van der Waals surface area contributed by atoms with Crippen molar-refractivity contribution in [2.45, 2.75) is 62.6 Å². The van der Waals surface area contributed by atoms with Crippen molar-refractivity contribution in [2.75, 3.05) is 0 Å². The van der Waals surface area contributed by atoms with Crippen LogP contribution in [0.15, 0.2) is 78.9 Å². The highest BCUT2D eigenvalue weighted by molar-refractivity contribution is 8.00. The van der Waals surface area contributed by atoms with Gasteiger partial charge in [0.25, 0.3) is 0 Å². The number of rotatable bonds is 12. The predicted molar refractivity (Wildman–Crippen MR) is 169 cm³/mol. The molecule has 0 saturated carbocycles. The van der Waals surface area contributed by atoms with Gasteiger partial charge >= 0.3 is 5.97 Å². The van der Waals surface area contributed by atoms with Crippen molar-refractivity contribution < 1.29 is 15.0 Å². The minimum Gasteiger partial charge on any atom is -0.481 e. The summed E-state index contributed by atoms with van der Waals surface area (Å²) in [5.41, 5.74) is 5.04. The highest BCUT2D eigenvalue weighted by atomic mass is 35.5. The number of hydrogen-bond donors (Lipinski definition) is 2. The quantitative estimate of drug-likeness (QED) is 0.177. The molecular weight excluding hydrogens is 538 g/mol. The molecule has 4 aromatic rings. The summed E-state index contributed by atoms with van der Waals surface area (Å²) in [5, 5.41) is 22.0. The van der Waals surface area contributed by atoms with Crippen LogP contribution in [-0.4, -0.2) is 26.4 Å². The minimum absolute atomic E-state index is 0.0137. The number of carbonyl (C=O) groups is 1. The zero-order valence-corrected chi connectivity index (χ0v) is 24.8. The Bertz CT molecular complexity index is 1490. The van der Waals surface area contributed by atoms with Gasteiger partial charge in [-0.3, -0.25) is 4.79 Å². The Morgan fingerprint density at radius 1 is 1.02 bits per heavy atom. The number of aromatic nitrogens is 1. The lowest BCUT2D eigenvalue weighted by molar-refractivity contribution is -0.137. The number of hydrogen-bond acceptors (Lipinski definition) is 4. The molecule has 2 N–H and O–H groups in total. The first-order chi connectivity index (χ1) is 19.1. The number of fused-ring (bicyclic) bond motifs is 1. The lowest BCUT2D eigenvalue weighted by Crippen LogP contribution is -2.18. The van der Waals surface area contributed by atoms with E-state index >= 15 is 0 Å². The van der Waals surface area contributed by atoms with Crippen LogP contribution in [-0.2, 0) is 16.8 Å². The molecule has 0 aliphatic rings. The fourth-order valence-electron chi connectivity index (χ4n) is 4.89. The van der Waals surface area contributed by atoms with E-state index in [2.05, 4.69) is 36.4 Å². The van der Waals surface area contributed by atoms with Gasteiger partial charge in [0.1, 0.15) is 0 Å². The Balaban J connectivity index is 1.59. The lowest BCUT2D eigenvalue weighted by atomic mass is 9.90. The van der Waals surface area contributed by atoms with Crippen LogP contribution in [0, 0.1) is 0 Å². The third-order valence-electron chi connectivity index (χ3n) is 6.97. The first-order valence-electron chi connectivity index (χ1n) is 13.6. The van der Waals surface area contributed by atoms with Crippen LogP contribution in [0.3, 0.4) is 0 Å². The van der Waals surface area contributed by atoms with Gasteiger partial charge in [0.15, 0.2) is 0 Å². The molecule has 40 heavy (non-hydrogen) atoms. The maximum atomic E-state index is 11.5. The molecule has 1 unspecified atom stereocenters. The molecule has 0 radical (unpaired) electrons. The van der Waals surface area contributed by atoms with Gasteiger partial charge in [0.05, 0.1) is 23.2 Å². The normalized spacial score (nSPS) is 13.5. The molecule has 6 heteroatoms. The number of pyridine rings is 1. The van der Waals surface area contributed by atoms with E-state index in [-0.39, 0.29) is 16.9 Å². The number of thioether (sulfide) groups is 1. The van der Waals surface area contributed by atoms with Gasteiger partial charge in [0, 0.05) is 20.9 Å². The average molecular weight is 574 g/mol. The van der Waals surface area contributed by atoms with Gasteiger partial charge < -0.3 is 10.2 Å². The van der Waals surface area contributed by atoms with Crippen LogP contribution in [0.1, 0.15) is 73.2 Å². The van der Waals surface area contributed by atoms with Crippen molar-refractivity contribution in [1.82, 2.24) is 4.98 Å². The van der Waals surface area contributed by atoms with Crippen molar-refractivity contribution in [3.8, 4) is 0 Å². The molecule has 2 atom stereocenters. The fraction of sp³-hybridized carbons (Fsp3) is 0.294. The molecule has 208 valence electrons. The van der Waals surface area contributed by atoms with Crippen LogP contribution in [0.25, 0.3) is 23.1 Å². The summed E-state index contributed by atoms with van der Waals surface area (Å²) < 4.78 is 0. The van der Waals surface area contributed by atoms with E-state index in [1.54, 1.807) is 11.8 Å². The van der Waals surface area contributed by atoms with E-state index < -0.39 is 11.6 Å². The second kappa shape index (κ2) is 13.5. The molecule has 1 heterocycles. The molecule has 0 fully saturated rings. The van der Waals surface area contributed by atoms with E-state index in [0.717, 1.165) is 58.1 Å². The van der Waals surface area contributed by atoms with E-state index in [1.807, 2.05) is 75.4 Å². The van der Waals surface area contributed by atoms with Crippen LogP contribution in [0.5, 0.6) is 0 Å². The summed E-state index contributed by atoms with van der Waals surface area (Å²) in [5.74, 6) is -0.772. The van der Waals surface area contributed by atoms with Crippen LogP contribution < -0.4 is 0 Å². The van der Waals surface area contributed by atoms with Crippen molar-refractivity contribution in [3.63, 3.8) is 0 Å². The highest BCUT2D eigenvalue weighted by Gasteiger charge is 2.23. The van der Waals surface area contributed by atoms with Gasteiger partial charge in [-0.15, -0.1) is 11.8 Å². The summed E-state index contributed by atoms with van der Waals surface area (Å²) >= 11 is 7.89. The van der Waals surface area contributed by atoms with Crippen molar-refractivity contribution >= 4 is 52.4 Å². The first kappa shape index (κ1) is 29.9. The Hall–Kier alpha value is -3.12. The van der Waals surface area contributed by atoms with Crippen LogP contribution in [0.2, 0.25) is 5.02 Å². The summed E-state index contributed by atoms with van der Waals surface area (Å²) in [4.78, 5) is 16.3. The Morgan fingerprint density at radius 3 is 2.55 bits per heavy atom. The number of aliphatic hydroxyl groups is 1.